The van der Waals surface area contributed by atoms with E-state index in [1.165, 1.54) is 0 Å². The highest BCUT2D eigenvalue weighted by Crippen LogP contribution is 2.30. The van der Waals surface area contributed by atoms with Crippen molar-refractivity contribution >= 4 is 28.8 Å². The molecule has 0 aliphatic heterocycles. The molecule has 9 heteroatoms. The van der Waals surface area contributed by atoms with Crippen molar-refractivity contribution in [1.82, 2.24) is 19.9 Å². The second-order valence-corrected chi connectivity index (χ2v) is 7.78. The van der Waals surface area contributed by atoms with Crippen LogP contribution in [0.15, 0.2) is 49.1 Å². The molecule has 8 nitrogen and oxygen atoms in total. The average molecular weight is 455 g/mol. The molecule has 32 heavy (non-hydrogen) atoms. The number of anilines is 2. The molecule has 3 rings (SSSR count). The van der Waals surface area contributed by atoms with Gasteiger partial charge in [0.1, 0.15) is 5.82 Å². The summed E-state index contributed by atoms with van der Waals surface area (Å²) in [5.74, 6) is 1.88. The average Bonchev–Trinajstić information content (AvgIpc) is 3.19. The molecule has 2 heterocycles. The topological polar surface area (TPSA) is 99.2 Å². The fourth-order valence-corrected chi connectivity index (χ4v) is 3.44. The number of nitrogens with zero attached hydrogens (tertiary/aromatic N) is 3. The van der Waals surface area contributed by atoms with Crippen LogP contribution < -0.4 is 25.8 Å². The first kappa shape index (κ1) is 23.3. The first-order chi connectivity index (χ1) is 15.5. The van der Waals surface area contributed by atoms with E-state index in [4.69, 9.17) is 27.4 Å². The monoisotopic (exact) mass is 454 g/mol. The number of hydrogen-bond donors (Lipinski definition) is 3. The second-order valence-electron chi connectivity index (χ2n) is 7.37. The zero-order chi connectivity index (χ0) is 22.8. The third-order valence-electron chi connectivity index (χ3n) is 4.92. The molecule has 1 aromatic carbocycles. The van der Waals surface area contributed by atoms with Crippen molar-refractivity contribution in [2.45, 2.75) is 32.7 Å². The van der Waals surface area contributed by atoms with Gasteiger partial charge in [-0.05, 0) is 68.2 Å². The number of ether oxygens (including phenoxy) is 2. The van der Waals surface area contributed by atoms with E-state index < -0.39 is 0 Å². The SMILES string of the molecule is COc1ccc(NC(=S)NCCCn2cncc2C)cc1OCCCc1ccnc(N)c1. The summed E-state index contributed by atoms with van der Waals surface area (Å²) in [7, 11) is 1.63. The minimum atomic E-state index is 0.533. The summed E-state index contributed by atoms with van der Waals surface area (Å²) in [6, 6.07) is 9.52. The number of imidazole rings is 1. The van der Waals surface area contributed by atoms with E-state index in [1.807, 2.05) is 49.8 Å². The summed E-state index contributed by atoms with van der Waals surface area (Å²) in [4.78, 5) is 8.15. The molecular formula is C23H30N6O2S. The number of nitrogen functional groups attached to an aromatic ring is 1. The van der Waals surface area contributed by atoms with E-state index in [1.54, 1.807) is 13.3 Å². The number of hydrogen-bond acceptors (Lipinski definition) is 6. The molecule has 0 aliphatic carbocycles. The van der Waals surface area contributed by atoms with E-state index in [0.717, 1.165) is 49.3 Å². The van der Waals surface area contributed by atoms with E-state index in [2.05, 4.69) is 25.2 Å². The Morgan fingerprint density at radius 1 is 1.19 bits per heavy atom. The van der Waals surface area contributed by atoms with Crippen LogP contribution in [0.4, 0.5) is 11.5 Å². The summed E-state index contributed by atoms with van der Waals surface area (Å²) < 4.78 is 13.5. The summed E-state index contributed by atoms with van der Waals surface area (Å²) in [6.45, 7) is 4.26. The maximum absolute atomic E-state index is 5.97. The largest absolute Gasteiger partial charge is 0.493 e. The number of nitrogens with one attached hydrogen (secondary N) is 2. The van der Waals surface area contributed by atoms with Gasteiger partial charge in [-0.3, -0.25) is 0 Å². The van der Waals surface area contributed by atoms with Gasteiger partial charge in [-0.15, -0.1) is 0 Å². The predicted octanol–water partition coefficient (Wildman–Crippen LogP) is 3.57. The van der Waals surface area contributed by atoms with Crippen molar-refractivity contribution in [2.75, 3.05) is 31.3 Å². The smallest absolute Gasteiger partial charge is 0.170 e. The van der Waals surface area contributed by atoms with Gasteiger partial charge in [0.2, 0.25) is 0 Å². The lowest BCUT2D eigenvalue weighted by Gasteiger charge is -2.15. The van der Waals surface area contributed by atoms with Gasteiger partial charge in [-0.25, -0.2) is 9.97 Å². The lowest BCUT2D eigenvalue weighted by Crippen LogP contribution is -2.29. The molecule has 3 aromatic rings. The van der Waals surface area contributed by atoms with Crippen LogP contribution in [0.2, 0.25) is 0 Å². The first-order valence-corrected chi connectivity index (χ1v) is 11.0. The number of methoxy groups -OCH3 is 1. The van der Waals surface area contributed by atoms with Crippen molar-refractivity contribution in [1.29, 1.82) is 0 Å². The number of aromatic nitrogens is 3. The van der Waals surface area contributed by atoms with Crippen molar-refractivity contribution in [3.63, 3.8) is 0 Å². The molecule has 0 spiro atoms. The van der Waals surface area contributed by atoms with Gasteiger partial charge in [0.25, 0.3) is 0 Å². The van der Waals surface area contributed by atoms with Crippen molar-refractivity contribution < 1.29 is 9.47 Å². The Bertz CT molecular complexity index is 1020. The van der Waals surface area contributed by atoms with Gasteiger partial charge < -0.3 is 30.4 Å². The third-order valence-corrected chi connectivity index (χ3v) is 5.16. The Hall–Kier alpha value is -3.33. The van der Waals surface area contributed by atoms with Crippen molar-refractivity contribution in [2.24, 2.45) is 0 Å². The van der Waals surface area contributed by atoms with Crippen LogP contribution in [-0.4, -0.2) is 39.9 Å². The number of pyridine rings is 1. The van der Waals surface area contributed by atoms with Gasteiger partial charge in [0.05, 0.1) is 20.0 Å². The molecule has 0 radical (unpaired) electrons. The number of benzene rings is 1. The second kappa shape index (κ2) is 11.9. The fraction of sp³-hybridized carbons (Fsp3) is 0.348. The maximum Gasteiger partial charge on any atom is 0.170 e. The Kier molecular flexibility index (Phi) is 8.68. The van der Waals surface area contributed by atoms with E-state index in [0.29, 0.717) is 29.0 Å². The minimum absolute atomic E-state index is 0.533. The van der Waals surface area contributed by atoms with E-state index >= 15 is 0 Å². The number of rotatable bonds is 11. The molecule has 0 atom stereocenters. The van der Waals surface area contributed by atoms with Crippen LogP contribution in [-0.2, 0) is 13.0 Å². The van der Waals surface area contributed by atoms with Crippen molar-refractivity contribution in [3.05, 3.63) is 60.3 Å². The molecule has 0 bridgehead atoms. The molecule has 0 saturated heterocycles. The fourth-order valence-electron chi connectivity index (χ4n) is 3.22. The van der Waals surface area contributed by atoms with E-state index in [-0.39, 0.29) is 0 Å². The standard InChI is InChI=1S/C23H30N6O2S/c1-17-15-25-16-29(17)11-4-9-27-23(32)28-19-6-7-20(30-2)21(14-19)31-12-3-5-18-8-10-26-22(24)13-18/h6-8,10,13-16H,3-5,9,11-12H2,1-2H3,(H2,24,26)(H2,27,28,32). The molecule has 0 aliphatic rings. The highest BCUT2D eigenvalue weighted by Gasteiger charge is 2.07. The van der Waals surface area contributed by atoms with Gasteiger partial charge in [0, 0.05) is 42.9 Å². The van der Waals surface area contributed by atoms with Crippen LogP contribution in [0.3, 0.4) is 0 Å². The Morgan fingerprint density at radius 3 is 2.81 bits per heavy atom. The molecule has 0 fully saturated rings. The summed E-state index contributed by atoms with van der Waals surface area (Å²) >= 11 is 5.42. The molecule has 4 N–H and O–H groups in total. The first-order valence-electron chi connectivity index (χ1n) is 10.6. The third kappa shape index (κ3) is 7.12. The summed E-state index contributed by atoms with van der Waals surface area (Å²) in [5, 5.41) is 7.01. The highest BCUT2D eigenvalue weighted by molar-refractivity contribution is 7.80. The zero-order valence-corrected chi connectivity index (χ0v) is 19.3. The van der Waals surface area contributed by atoms with Gasteiger partial charge in [-0.2, -0.15) is 0 Å². The van der Waals surface area contributed by atoms with E-state index in [9.17, 15) is 0 Å². The van der Waals surface area contributed by atoms with Crippen LogP contribution >= 0.6 is 12.2 Å². The minimum Gasteiger partial charge on any atom is -0.493 e. The van der Waals surface area contributed by atoms with Gasteiger partial charge in [0.15, 0.2) is 16.6 Å². The predicted molar refractivity (Wildman–Crippen MR) is 131 cm³/mol. The number of thiocarbonyl (C=S) groups is 1. The summed E-state index contributed by atoms with van der Waals surface area (Å²) in [6.07, 6.45) is 8.08. The maximum atomic E-state index is 5.97. The molecule has 170 valence electrons. The lowest BCUT2D eigenvalue weighted by molar-refractivity contribution is 0.289. The summed E-state index contributed by atoms with van der Waals surface area (Å²) in [5.41, 5.74) is 8.86. The Balaban J connectivity index is 1.44. The van der Waals surface area contributed by atoms with Crippen molar-refractivity contribution in [3.8, 4) is 11.5 Å². The molecular weight excluding hydrogens is 424 g/mol. The van der Waals surface area contributed by atoms with Gasteiger partial charge in [-0.1, -0.05) is 0 Å². The van der Waals surface area contributed by atoms with Crippen LogP contribution in [0.1, 0.15) is 24.1 Å². The Labute approximate surface area is 194 Å². The highest BCUT2D eigenvalue weighted by atomic mass is 32.1. The van der Waals surface area contributed by atoms with Crippen LogP contribution in [0.25, 0.3) is 0 Å². The molecule has 2 aromatic heterocycles. The lowest BCUT2D eigenvalue weighted by atomic mass is 10.1. The Morgan fingerprint density at radius 2 is 2.06 bits per heavy atom. The number of nitrogens with two attached hydrogens (primary N) is 1. The molecule has 0 unspecified atom stereocenters. The molecule has 0 saturated carbocycles. The quantitative estimate of drug-likeness (QED) is 0.299. The normalized spacial score (nSPS) is 10.6. The van der Waals surface area contributed by atoms with Crippen LogP contribution in [0.5, 0.6) is 11.5 Å². The number of aryl methyl sites for hydroxylation is 3. The molecule has 0 amide bonds. The van der Waals surface area contributed by atoms with Gasteiger partial charge >= 0.3 is 0 Å². The zero-order valence-electron chi connectivity index (χ0n) is 18.5. The van der Waals surface area contributed by atoms with Crippen LogP contribution in [0, 0.1) is 6.92 Å².